The van der Waals surface area contributed by atoms with E-state index in [0.29, 0.717) is 10.9 Å². The monoisotopic (exact) mass is 403 g/mol. The van der Waals surface area contributed by atoms with Gasteiger partial charge in [0, 0.05) is 11.0 Å². The summed E-state index contributed by atoms with van der Waals surface area (Å²) in [7, 11) is 1.21. The number of benzene rings is 1. The molecule has 3 rings (SSSR count). The number of aryl methyl sites for hydroxylation is 1. The Morgan fingerprint density at radius 1 is 1.22 bits per heavy atom. The predicted molar refractivity (Wildman–Crippen MR) is 103 cm³/mol. The van der Waals surface area contributed by atoms with Crippen LogP contribution >= 0.6 is 23.5 Å². The molecule has 1 aromatic carbocycles. The van der Waals surface area contributed by atoms with Gasteiger partial charge in [-0.1, -0.05) is 29.5 Å². The maximum Gasteiger partial charge on any atom is 0.328 e. The van der Waals surface area contributed by atoms with Crippen LogP contribution in [-0.2, 0) is 14.3 Å². The Morgan fingerprint density at radius 3 is 2.59 bits per heavy atom. The molecular weight excluding hydrogens is 386 g/mol. The number of rotatable bonds is 5. The molecule has 1 atom stereocenters. The molecule has 2 aromatic rings. The number of methoxy groups -OCH3 is 1. The molecule has 2 amide bonds. The van der Waals surface area contributed by atoms with E-state index in [-0.39, 0.29) is 4.91 Å². The van der Waals surface area contributed by atoms with Crippen molar-refractivity contribution in [2.45, 2.75) is 29.9 Å². The van der Waals surface area contributed by atoms with Crippen LogP contribution in [0, 0.1) is 6.92 Å². The molecule has 6 nitrogen and oxygen atoms in total. The van der Waals surface area contributed by atoms with Crippen molar-refractivity contribution < 1.29 is 23.5 Å². The van der Waals surface area contributed by atoms with Crippen molar-refractivity contribution in [1.82, 2.24) is 4.90 Å². The normalized spacial score (nSPS) is 16.9. The molecule has 0 aliphatic carbocycles. The first kappa shape index (κ1) is 19.3. The van der Waals surface area contributed by atoms with Crippen molar-refractivity contribution in [3.8, 4) is 0 Å². The highest BCUT2D eigenvalue weighted by molar-refractivity contribution is 8.18. The maximum atomic E-state index is 12.5. The molecule has 1 saturated heterocycles. The summed E-state index contributed by atoms with van der Waals surface area (Å²) >= 11 is 2.23. The van der Waals surface area contributed by atoms with Crippen molar-refractivity contribution >= 4 is 46.7 Å². The quantitative estimate of drug-likeness (QED) is 0.543. The molecule has 0 N–H and O–H groups in total. The predicted octanol–water partition coefficient (Wildman–Crippen LogP) is 4.34. The van der Waals surface area contributed by atoms with E-state index in [1.807, 2.05) is 31.2 Å². The molecule has 1 aliphatic heterocycles. The highest BCUT2D eigenvalue weighted by atomic mass is 32.2. The minimum atomic E-state index is -0.974. The number of nitrogens with zero attached hydrogens (tertiary/aromatic N) is 1. The van der Waals surface area contributed by atoms with Crippen molar-refractivity contribution in [2.75, 3.05) is 7.11 Å². The van der Waals surface area contributed by atoms with Crippen LogP contribution in [0.2, 0.25) is 0 Å². The molecule has 0 unspecified atom stereocenters. The van der Waals surface area contributed by atoms with Crippen LogP contribution in [0.4, 0.5) is 4.79 Å². The maximum absolute atomic E-state index is 12.5. The number of hydrogen-bond donors (Lipinski definition) is 0. The molecular formula is C19H17NO5S2. The third kappa shape index (κ3) is 4.28. The number of esters is 1. The average Bonchev–Trinajstić information content (AvgIpc) is 3.20. The molecule has 0 radical (unpaired) electrons. The molecule has 140 valence electrons. The van der Waals surface area contributed by atoms with Gasteiger partial charge in [-0.3, -0.25) is 14.5 Å². The third-order valence-corrected chi connectivity index (χ3v) is 5.68. The highest BCUT2D eigenvalue weighted by Gasteiger charge is 2.41. The highest BCUT2D eigenvalue weighted by Crippen LogP contribution is 2.35. The zero-order valence-electron chi connectivity index (χ0n) is 14.9. The van der Waals surface area contributed by atoms with E-state index in [2.05, 4.69) is 4.74 Å². The number of carbonyl (C=O) groups excluding carboxylic acids is 3. The van der Waals surface area contributed by atoms with E-state index in [1.165, 1.54) is 37.4 Å². The van der Waals surface area contributed by atoms with Crippen molar-refractivity contribution in [1.29, 1.82) is 0 Å². The van der Waals surface area contributed by atoms with Gasteiger partial charge in [0.1, 0.15) is 11.8 Å². The fourth-order valence-electron chi connectivity index (χ4n) is 2.41. The van der Waals surface area contributed by atoms with Crippen LogP contribution in [0.5, 0.6) is 0 Å². The van der Waals surface area contributed by atoms with Crippen LogP contribution in [0.25, 0.3) is 6.08 Å². The van der Waals surface area contributed by atoms with Gasteiger partial charge in [0.05, 0.1) is 12.0 Å². The SMILES string of the molecule is COC(=O)[C@H](C)N1C(=O)S/C(=C/c2ccc(Sc3ccc(C)cc3)o2)C1=O. The van der Waals surface area contributed by atoms with Crippen molar-refractivity contribution in [2.24, 2.45) is 0 Å². The van der Waals surface area contributed by atoms with Crippen LogP contribution in [0.1, 0.15) is 18.2 Å². The van der Waals surface area contributed by atoms with Crippen LogP contribution in [0.3, 0.4) is 0 Å². The Hall–Kier alpha value is -2.45. The van der Waals surface area contributed by atoms with Crippen molar-refractivity contribution in [3.63, 3.8) is 0 Å². The summed E-state index contributed by atoms with van der Waals surface area (Å²) in [6.07, 6.45) is 1.51. The fourth-order valence-corrected chi connectivity index (χ4v) is 4.07. The smallest absolute Gasteiger partial charge is 0.328 e. The lowest BCUT2D eigenvalue weighted by Gasteiger charge is -2.18. The number of thioether (sulfide) groups is 1. The number of hydrogen-bond acceptors (Lipinski definition) is 7. The second-order valence-corrected chi connectivity index (χ2v) is 7.89. The van der Waals surface area contributed by atoms with Crippen LogP contribution in [-0.4, -0.2) is 35.2 Å². The Labute approximate surface area is 164 Å². The summed E-state index contributed by atoms with van der Waals surface area (Å²) in [5.74, 6) is -0.721. The Balaban J connectivity index is 1.74. The van der Waals surface area contributed by atoms with Crippen LogP contribution < -0.4 is 0 Å². The summed E-state index contributed by atoms with van der Waals surface area (Å²) in [6.45, 7) is 3.47. The summed E-state index contributed by atoms with van der Waals surface area (Å²) in [5.41, 5.74) is 1.18. The van der Waals surface area contributed by atoms with Gasteiger partial charge in [0.2, 0.25) is 0 Å². The van der Waals surface area contributed by atoms with Gasteiger partial charge in [-0.2, -0.15) is 0 Å². The largest absolute Gasteiger partial charge is 0.467 e. The first-order valence-corrected chi connectivity index (χ1v) is 9.71. The minimum absolute atomic E-state index is 0.206. The summed E-state index contributed by atoms with van der Waals surface area (Å²) in [4.78, 5) is 38.4. The van der Waals surface area contributed by atoms with Gasteiger partial charge >= 0.3 is 5.97 Å². The minimum Gasteiger partial charge on any atom is -0.467 e. The zero-order chi connectivity index (χ0) is 19.6. The summed E-state index contributed by atoms with van der Waals surface area (Å²) < 4.78 is 10.3. The molecule has 0 bridgehead atoms. The number of amides is 2. The van der Waals surface area contributed by atoms with Gasteiger partial charge in [-0.25, -0.2) is 4.79 Å². The lowest BCUT2D eigenvalue weighted by Crippen LogP contribution is -2.42. The van der Waals surface area contributed by atoms with E-state index in [4.69, 9.17) is 4.42 Å². The van der Waals surface area contributed by atoms with E-state index in [1.54, 1.807) is 12.1 Å². The zero-order valence-corrected chi connectivity index (χ0v) is 16.6. The van der Waals surface area contributed by atoms with Crippen molar-refractivity contribution in [3.05, 3.63) is 52.6 Å². The topological polar surface area (TPSA) is 76.8 Å². The lowest BCUT2D eigenvalue weighted by molar-refractivity contribution is -0.148. The standard InChI is InChI=1S/C19H17NO5S2/c1-11-4-7-14(8-5-11)26-16-9-6-13(25-16)10-15-17(21)20(19(23)27-15)12(2)18(22)24-3/h4-10,12H,1-3H3/b15-10+/t12-/m0/s1. The molecule has 0 spiro atoms. The van der Waals surface area contributed by atoms with Gasteiger partial charge in [0.15, 0.2) is 5.09 Å². The van der Waals surface area contributed by atoms with Gasteiger partial charge in [-0.15, -0.1) is 0 Å². The molecule has 8 heteroatoms. The van der Waals surface area contributed by atoms with Gasteiger partial charge in [-0.05, 0) is 49.9 Å². The molecule has 27 heavy (non-hydrogen) atoms. The molecule has 0 saturated carbocycles. The van der Waals surface area contributed by atoms with E-state index in [0.717, 1.165) is 21.6 Å². The van der Waals surface area contributed by atoms with Gasteiger partial charge in [0.25, 0.3) is 11.1 Å². The van der Waals surface area contributed by atoms with E-state index >= 15 is 0 Å². The van der Waals surface area contributed by atoms with E-state index in [9.17, 15) is 14.4 Å². The second kappa shape index (κ2) is 8.06. The first-order valence-electron chi connectivity index (χ1n) is 8.08. The number of carbonyl (C=O) groups is 3. The van der Waals surface area contributed by atoms with Gasteiger partial charge < -0.3 is 9.15 Å². The molecule has 2 heterocycles. The second-order valence-electron chi connectivity index (χ2n) is 5.82. The average molecular weight is 403 g/mol. The Kier molecular flexibility index (Phi) is 5.76. The number of ether oxygens (including phenoxy) is 1. The van der Waals surface area contributed by atoms with E-state index < -0.39 is 23.2 Å². The fraction of sp³-hybridized carbons (Fsp3) is 0.211. The summed E-state index contributed by atoms with van der Waals surface area (Å²) in [5, 5.41) is 0.164. The lowest BCUT2D eigenvalue weighted by atomic mass is 10.2. The number of imide groups is 1. The Morgan fingerprint density at radius 2 is 1.93 bits per heavy atom. The molecule has 1 aliphatic rings. The number of furan rings is 1. The molecule has 1 aromatic heterocycles. The summed E-state index contributed by atoms with van der Waals surface area (Å²) in [6, 6.07) is 10.6. The Bertz CT molecular complexity index is 916. The third-order valence-electron chi connectivity index (χ3n) is 3.87. The first-order chi connectivity index (χ1) is 12.9. The van der Waals surface area contributed by atoms with Crippen LogP contribution in [0.15, 0.2) is 55.7 Å². The molecule has 1 fully saturated rings.